The molecule has 3 aromatic rings. The Labute approximate surface area is 181 Å². The molecule has 2 amide bonds. The zero-order valence-corrected chi connectivity index (χ0v) is 17.1. The Morgan fingerprint density at radius 2 is 1.83 bits per heavy atom. The second-order valence-corrected chi connectivity index (χ2v) is 7.98. The van der Waals surface area contributed by atoms with E-state index in [0.717, 1.165) is 17.3 Å². The molecule has 1 saturated heterocycles. The maximum atomic E-state index is 12.8. The second-order valence-electron chi connectivity index (χ2n) is 6.55. The van der Waals surface area contributed by atoms with Crippen LogP contribution < -0.4 is 0 Å². The number of rotatable bonds is 5. The van der Waals surface area contributed by atoms with E-state index in [2.05, 4.69) is 0 Å². The van der Waals surface area contributed by atoms with Gasteiger partial charge in [-0.05, 0) is 65.9 Å². The summed E-state index contributed by atoms with van der Waals surface area (Å²) in [7, 11) is 0. The predicted molar refractivity (Wildman–Crippen MR) is 116 cm³/mol. The number of imide groups is 1. The highest BCUT2D eigenvalue weighted by Gasteiger charge is 2.35. The molecule has 0 atom stereocenters. The van der Waals surface area contributed by atoms with Gasteiger partial charge in [0.2, 0.25) is 0 Å². The van der Waals surface area contributed by atoms with E-state index in [1.165, 1.54) is 11.0 Å². The fourth-order valence-corrected chi connectivity index (χ4v) is 4.03. The van der Waals surface area contributed by atoms with Crippen LogP contribution in [-0.4, -0.2) is 31.7 Å². The summed E-state index contributed by atoms with van der Waals surface area (Å²) in [6.07, 6.45) is 3.41. The van der Waals surface area contributed by atoms with Crippen molar-refractivity contribution in [2.45, 2.75) is 6.54 Å². The van der Waals surface area contributed by atoms with Crippen LogP contribution in [0.1, 0.15) is 21.6 Å². The SMILES string of the molecule is O=C(O)c1cccc(-n2cccc2C=C2SC(=O)N(Cc3ccc(Cl)cc3)C2=O)c1. The normalized spacial score (nSPS) is 15.2. The first-order chi connectivity index (χ1) is 14.4. The topological polar surface area (TPSA) is 79.6 Å². The Balaban J connectivity index is 1.60. The highest BCUT2D eigenvalue weighted by molar-refractivity contribution is 8.18. The number of carbonyl (C=O) groups is 3. The summed E-state index contributed by atoms with van der Waals surface area (Å²) >= 11 is 6.76. The largest absolute Gasteiger partial charge is 0.478 e. The zero-order valence-electron chi connectivity index (χ0n) is 15.5. The van der Waals surface area contributed by atoms with Crippen molar-refractivity contribution in [3.63, 3.8) is 0 Å². The molecule has 2 aromatic carbocycles. The Bertz CT molecular complexity index is 1180. The van der Waals surface area contributed by atoms with Crippen LogP contribution in [0.25, 0.3) is 11.8 Å². The van der Waals surface area contributed by atoms with E-state index in [0.29, 0.717) is 21.3 Å². The number of aromatic carboxylic acids is 1. The molecule has 8 heteroatoms. The number of hydrogen-bond donors (Lipinski definition) is 1. The molecule has 1 fully saturated rings. The minimum atomic E-state index is -1.02. The van der Waals surface area contributed by atoms with Gasteiger partial charge in [-0.1, -0.05) is 29.8 Å². The summed E-state index contributed by atoms with van der Waals surface area (Å²) < 4.78 is 1.76. The van der Waals surface area contributed by atoms with Gasteiger partial charge in [0.1, 0.15) is 0 Å². The molecule has 0 bridgehead atoms. The molecule has 1 aromatic heterocycles. The van der Waals surface area contributed by atoms with E-state index in [1.807, 2.05) is 0 Å². The van der Waals surface area contributed by atoms with Gasteiger partial charge in [0.25, 0.3) is 11.1 Å². The third-order valence-corrected chi connectivity index (χ3v) is 5.72. The van der Waals surface area contributed by atoms with Crippen molar-refractivity contribution in [2.24, 2.45) is 0 Å². The van der Waals surface area contributed by atoms with Crippen LogP contribution in [-0.2, 0) is 11.3 Å². The Hall–Kier alpha value is -3.29. The summed E-state index contributed by atoms with van der Waals surface area (Å²) in [6, 6.07) is 17.0. The summed E-state index contributed by atoms with van der Waals surface area (Å²) in [5, 5.41) is 9.46. The van der Waals surface area contributed by atoms with E-state index in [9.17, 15) is 19.5 Å². The average Bonchev–Trinajstić information content (AvgIpc) is 3.30. The van der Waals surface area contributed by atoms with Crippen LogP contribution in [0.5, 0.6) is 0 Å². The molecule has 0 saturated carbocycles. The molecule has 0 unspecified atom stereocenters. The number of aromatic nitrogens is 1. The quantitative estimate of drug-likeness (QED) is 0.563. The highest BCUT2D eigenvalue weighted by Crippen LogP contribution is 2.33. The van der Waals surface area contributed by atoms with Crippen molar-refractivity contribution in [3.8, 4) is 5.69 Å². The van der Waals surface area contributed by atoms with Crippen LogP contribution in [0.2, 0.25) is 5.02 Å². The lowest BCUT2D eigenvalue weighted by atomic mass is 10.2. The Morgan fingerprint density at radius 3 is 2.57 bits per heavy atom. The van der Waals surface area contributed by atoms with Crippen LogP contribution in [0.3, 0.4) is 0 Å². The summed E-state index contributed by atoms with van der Waals surface area (Å²) in [6.45, 7) is 0.168. The minimum Gasteiger partial charge on any atom is -0.478 e. The zero-order chi connectivity index (χ0) is 21.3. The molecule has 0 radical (unpaired) electrons. The molecular weight excluding hydrogens is 424 g/mol. The maximum Gasteiger partial charge on any atom is 0.335 e. The third kappa shape index (κ3) is 4.03. The van der Waals surface area contributed by atoms with Gasteiger partial charge in [-0.25, -0.2) is 4.79 Å². The van der Waals surface area contributed by atoms with Crippen LogP contribution in [0.15, 0.2) is 71.8 Å². The number of hydrogen-bond acceptors (Lipinski definition) is 4. The maximum absolute atomic E-state index is 12.8. The molecule has 1 aliphatic rings. The minimum absolute atomic E-state index is 0.162. The number of nitrogens with zero attached hydrogens (tertiary/aromatic N) is 2. The molecule has 1 N–H and O–H groups in total. The fourth-order valence-electron chi connectivity index (χ4n) is 3.08. The van der Waals surface area contributed by atoms with E-state index < -0.39 is 5.97 Å². The van der Waals surface area contributed by atoms with Gasteiger partial charge in [-0.2, -0.15) is 0 Å². The van der Waals surface area contributed by atoms with E-state index in [-0.39, 0.29) is 23.3 Å². The van der Waals surface area contributed by atoms with Gasteiger partial charge in [-0.3, -0.25) is 14.5 Å². The summed E-state index contributed by atoms with van der Waals surface area (Å²) in [5.74, 6) is -1.39. The molecule has 2 heterocycles. The molecule has 150 valence electrons. The number of benzene rings is 2. The van der Waals surface area contributed by atoms with Gasteiger partial charge in [0.15, 0.2) is 0 Å². The molecule has 0 spiro atoms. The van der Waals surface area contributed by atoms with Gasteiger partial charge in [0.05, 0.1) is 17.0 Å². The van der Waals surface area contributed by atoms with Crippen molar-refractivity contribution < 1.29 is 19.5 Å². The van der Waals surface area contributed by atoms with Crippen molar-refractivity contribution >= 4 is 46.6 Å². The average molecular weight is 439 g/mol. The number of amides is 2. The monoisotopic (exact) mass is 438 g/mol. The first-order valence-corrected chi connectivity index (χ1v) is 10.1. The lowest BCUT2D eigenvalue weighted by Crippen LogP contribution is -2.27. The van der Waals surface area contributed by atoms with Gasteiger partial charge < -0.3 is 9.67 Å². The number of carbonyl (C=O) groups excluding carboxylic acids is 2. The van der Waals surface area contributed by atoms with Crippen LogP contribution >= 0.6 is 23.4 Å². The van der Waals surface area contributed by atoms with Crippen molar-refractivity contribution in [2.75, 3.05) is 0 Å². The van der Waals surface area contributed by atoms with E-state index >= 15 is 0 Å². The Kier molecular flexibility index (Phi) is 5.48. The standard InChI is InChI=1S/C22H15ClN2O4S/c23-16-8-6-14(7-9-16)13-25-20(26)19(30-22(25)29)12-18-5-2-10-24(18)17-4-1-3-15(11-17)21(27)28/h1-12H,13H2,(H,27,28). The van der Waals surface area contributed by atoms with Crippen molar-refractivity contribution in [1.82, 2.24) is 9.47 Å². The first kappa shape index (κ1) is 20.0. The van der Waals surface area contributed by atoms with Gasteiger partial charge in [-0.15, -0.1) is 0 Å². The highest BCUT2D eigenvalue weighted by atomic mass is 35.5. The number of carboxylic acids is 1. The Morgan fingerprint density at radius 1 is 1.07 bits per heavy atom. The molecule has 30 heavy (non-hydrogen) atoms. The van der Waals surface area contributed by atoms with Crippen LogP contribution in [0, 0.1) is 0 Å². The molecule has 4 rings (SSSR count). The number of thioether (sulfide) groups is 1. The molecular formula is C22H15ClN2O4S. The van der Waals surface area contributed by atoms with E-state index in [1.54, 1.807) is 71.4 Å². The fraction of sp³-hybridized carbons (Fsp3) is 0.0455. The predicted octanol–water partition coefficient (Wildman–Crippen LogP) is 5.07. The van der Waals surface area contributed by atoms with Crippen molar-refractivity contribution in [1.29, 1.82) is 0 Å². The van der Waals surface area contributed by atoms with E-state index in [4.69, 9.17) is 11.6 Å². The van der Waals surface area contributed by atoms with Crippen LogP contribution in [0.4, 0.5) is 4.79 Å². The molecule has 1 aliphatic heterocycles. The number of carboxylic acid groups (broad SMARTS) is 1. The second kappa shape index (κ2) is 8.22. The first-order valence-electron chi connectivity index (χ1n) is 8.93. The molecule has 6 nitrogen and oxygen atoms in total. The van der Waals surface area contributed by atoms with Crippen molar-refractivity contribution in [3.05, 3.63) is 93.6 Å². The van der Waals surface area contributed by atoms with Gasteiger partial charge in [0, 0.05) is 22.6 Å². The summed E-state index contributed by atoms with van der Waals surface area (Å²) in [4.78, 5) is 38.0. The lowest BCUT2D eigenvalue weighted by molar-refractivity contribution is -0.123. The lowest BCUT2D eigenvalue weighted by Gasteiger charge is -2.12. The molecule has 0 aliphatic carbocycles. The number of halogens is 1. The van der Waals surface area contributed by atoms with Gasteiger partial charge >= 0.3 is 5.97 Å². The third-order valence-electron chi connectivity index (χ3n) is 4.56. The summed E-state index contributed by atoms with van der Waals surface area (Å²) in [5.41, 5.74) is 2.27. The smallest absolute Gasteiger partial charge is 0.335 e.